The van der Waals surface area contributed by atoms with Crippen LogP contribution in [0.4, 0.5) is 0 Å². The van der Waals surface area contributed by atoms with Crippen LogP contribution in [-0.4, -0.2) is 22.6 Å². The highest BCUT2D eigenvalue weighted by molar-refractivity contribution is 6.31. The minimum Gasteiger partial charge on any atom is -0.497 e. The van der Waals surface area contributed by atoms with Gasteiger partial charge in [-0.15, -0.1) is 0 Å². The number of benzene rings is 3. The predicted octanol–water partition coefficient (Wildman–Crippen LogP) is 3.96. The molecule has 0 spiro atoms. The number of nitrogens with one attached hydrogen (secondary N) is 1. The van der Waals surface area contributed by atoms with Crippen LogP contribution in [0.5, 0.6) is 5.75 Å². The number of nitrogens with zero attached hydrogens (tertiary/aromatic N) is 2. The van der Waals surface area contributed by atoms with Gasteiger partial charge < -0.3 is 10.1 Å². The Kier molecular flexibility index (Phi) is 6.00. The number of rotatable bonds is 6. The van der Waals surface area contributed by atoms with Crippen molar-refractivity contribution in [3.8, 4) is 5.75 Å². The molecular formula is C24H20ClN3O3. The molecule has 0 aliphatic carbocycles. The third-order valence-corrected chi connectivity index (χ3v) is 5.22. The number of hydrogen-bond acceptors (Lipinski definition) is 4. The summed E-state index contributed by atoms with van der Waals surface area (Å²) in [5.41, 5.74) is 2.04. The summed E-state index contributed by atoms with van der Waals surface area (Å²) in [6.45, 7) is -0.159. The van der Waals surface area contributed by atoms with Gasteiger partial charge in [0.15, 0.2) is 0 Å². The van der Waals surface area contributed by atoms with Crippen molar-refractivity contribution in [2.45, 2.75) is 12.6 Å². The second-order valence-electron chi connectivity index (χ2n) is 7.02. The summed E-state index contributed by atoms with van der Waals surface area (Å²) < 4.78 is 6.51. The fourth-order valence-corrected chi connectivity index (χ4v) is 3.58. The van der Waals surface area contributed by atoms with Crippen LogP contribution in [0.3, 0.4) is 0 Å². The van der Waals surface area contributed by atoms with Crippen molar-refractivity contribution in [3.63, 3.8) is 0 Å². The van der Waals surface area contributed by atoms with Gasteiger partial charge in [-0.3, -0.25) is 14.2 Å². The number of hydrogen-bond donors (Lipinski definition) is 1. The minimum atomic E-state index is -0.377. The van der Waals surface area contributed by atoms with Crippen molar-refractivity contribution in [1.29, 1.82) is 0 Å². The third-order valence-electron chi connectivity index (χ3n) is 4.99. The quantitative estimate of drug-likeness (QED) is 0.499. The number of carbonyl (C=O) groups is 1. The smallest absolute Gasteiger partial charge is 0.261 e. The monoisotopic (exact) mass is 433 g/mol. The third kappa shape index (κ3) is 4.59. The van der Waals surface area contributed by atoms with E-state index in [1.807, 2.05) is 54.6 Å². The first-order chi connectivity index (χ1) is 15.0. The van der Waals surface area contributed by atoms with Crippen LogP contribution < -0.4 is 15.6 Å². The molecule has 4 aromatic rings. The van der Waals surface area contributed by atoms with Gasteiger partial charge in [-0.1, -0.05) is 54.1 Å². The summed E-state index contributed by atoms with van der Waals surface area (Å²) in [4.78, 5) is 29.9. The molecule has 0 saturated carbocycles. The van der Waals surface area contributed by atoms with E-state index in [0.717, 1.165) is 16.9 Å². The van der Waals surface area contributed by atoms with E-state index in [9.17, 15) is 9.59 Å². The zero-order valence-corrected chi connectivity index (χ0v) is 17.5. The van der Waals surface area contributed by atoms with Crippen molar-refractivity contribution >= 4 is 28.4 Å². The van der Waals surface area contributed by atoms with Crippen LogP contribution in [-0.2, 0) is 11.3 Å². The van der Waals surface area contributed by atoms with Crippen molar-refractivity contribution in [1.82, 2.24) is 14.9 Å². The number of carbonyl (C=O) groups excluding carboxylic acids is 1. The zero-order valence-electron chi connectivity index (χ0n) is 16.8. The SMILES string of the molecule is COc1ccc(C(NC(=O)Cn2cnc3ccc(Cl)cc3c2=O)c2ccccc2)cc1. The van der Waals surface area contributed by atoms with Crippen LogP contribution in [0.1, 0.15) is 17.2 Å². The first-order valence-electron chi connectivity index (χ1n) is 9.68. The zero-order chi connectivity index (χ0) is 21.8. The summed E-state index contributed by atoms with van der Waals surface area (Å²) in [6, 6.07) is 21.7. The van der Waals surface area contributed by atoms with Crippen molar-refractivity contribution in [3.05, 3.63) is 106 Å². The maximum Gasteiger partial charge on any atom is 0.261 e. The molecule has 1 aromatic heterocycles. The van der Waals surface area contributed by atoms with Gasteiger partial charge in [0.1, 0.15) is 12.3 Å². The molecule has 0 radical (unpaired) electrons. The van der Waals surface area contributed by atoms with Gasteiger partial charge in [-0.05, 0) is 41.5 Å². The molecule has 0 saturated heterocycles. The number of aromatic nitrogens is 2. The molecule has 0 bridgehead atoms. The van der Waals surface area contributed by atoms with Crippen LogP contribution in [0, 0.1) is 0 Å². The van der Waals surface area contributed by atoms with Gasteiger partial charge in [0.2, 0.25) is 5.91 Å². The molecule has 1 amide bonds. The maximum absolute atomic E-state index is 12.9. The highest BCUT2D eigenvalue weighted by Crippen LogP contribution is 2.24. The number of ether oxygens (including phenoxy) is 1. The van der Waals surface area contributed by atoms with Gasteiger partial charge in [-0.25, -0.2) is 4.98 Å². The normalized spacial score (nSPS) is 11.8. The largest absolute Gasteiger partial charge is 0.497 e. The Morgan fingerprint density at radius 3 is 2.48 bits per heavy atom. The molecule has 4 rings (SSSR count). The van der Waals surface area contributed by atoms with Crippen molar-refractivity contribution in [2.24, 2.45) is 0 Å². The van der Waals surface area contributed by atoms with Crippen LogP contribution >= 0.6 is 11.6 Å². The average Bonchev–Trinajstić information content (AvgIpc) is 2.80. The molecule has 6 nitrogen and oxygen atoms in total. The molecule has 1 heterocycles. The summed E-state index contributed by atoms with van der Waals surface area (Å²) in [5, 5.41) is 3.84. The lowest BCUT2D eigenvalue weighted by Crippen LogP contribution is -2.35. The Hall–Kier alpha value is -3.64. The van der Waals surface area contributed by atoms with Gasteiger partial charge in [0.05, 0.1) is 30.4 Å². The first kappa shape index (κ1) is 20.6. The molecule has 31 heavy (non-hydrogen) atoms. The van der Waals surface area contributed by atoms with Crippen molar-refractivity contribution < 1.29 is 9.53 Å². The molecule has 3 aromatic carbocycles. The summed E-state index contributed by atoms with van der Waals surface area (Å²) in [6.07, 6.45) is 1.38. The van der Waals surface area contributed by atoms with E-state index in [1.165, 1.54) is 10.9 Å². The van der Waals surface area contributed by atoms with Crippen LogP contribution in [0.15, 0.2) is 83.9 Å². The Bertz CT molecular complexity index is 1270. The lowest BCUT2D eigenvalue weighted by molar-refractivity contribution is -0.122. The lowest BCUT2D eigenvalue weighted by atomic mass is 9.98. The van der Waals surface area contributed by atoms with Gasteiger partial charge >= 0.3 is 0 Å². The second-order valence-corrected chi connectivity index (χ2v) is 7.46. The molecule has 1 atom stereocenters. The molecule has 0 fully saturated rings. The highest BCUT2D eigenvalue weighted by Gasteiger charge is 2.18. The Morgan fingerprint density at radius 2 is 1.77 bits per heavy atom. The van der Waals surface area contributed by atoms with Gasteiger partial charge in [0, 0.05) is 5.02 Å². The topological polar surface area (TPSA) is 73.2 Å². The summed E-state index contributed by atoms with van der Waals surface area (Å²) >= 11 is 6.01. The number of amides is 1. The van der Waals surface area contributed by atoms with E-state index >= 15 is 0 Å². The van der Waals surface area contributed by atoms with E-state index < -0.39 is 0 Å². The van der Waals surface area contributed by atoms with E-state index in [1.54, 1.807) is 25.3 Å². The second kappa shape index (κ2) is 9.02. The number of fused-ring (bicyclic) bond motifs is 1. The molecule has 0 aliphatic rings. The predicted molar refractivity (Wildman–Crippen MR) is 120 cm³/mol. The molecule has 0 aliphatic heterocycles. The fraction of sp³-hybridized carbons (Fsp3) is 0.125. The van der Waals surface area contributed by atoms with Crippen molar-refractivity contribution in [2.75, 3.05) is 7.11 Å². The molecule has 7 heteroatoms. The van der Waals surface area contributed by atoms with E-state index in [0.29, 0.717) is 15.9 Å². The molecule has 1 unspecified atom stereocenters. The van der Waals surface area contributed by atoms with E-state index in [2.05, 4.69) is 10.3 Å². The summed E-state index contributed by atoms with van der Waals surface area (Å²) in [7, 11) is 1.61. The molecule has 156 valence electrons. The average molecular weight is 434 g/mol. The summed E-state index contributed by atoms with van der Waals surface area (Å²) in [5.74, 6) is 0.421. The van der Waals surface area contributed by atoms with Gasteiger partial charge in [-0.2, -0.15) is 0 Å². The van der Waals surface area contributed by atoms with Crippen LogP contribution in [0.25, 0.3) is 10.9 Å². The Morgan fingerprint density at radius 1 is 1.06 bits per heavy atom. The van der Waals surface area contributed by atoms with Gasteiger partial charge in [0.25, 0.3) is 5.56 Å². The Balaban J connectivity index is 1.61. The molecular weight excluding hydrogens is 414 g/mol. The minimum absolute atomic E-state index is 0.159. The van der Waals surface area contributed by atoms with E-state index in [-0.39, 0.29) is 24.1 Å². The van der Waals surface area contributed by atoms with Crippen LogP contribution in [0.2, 0.25) is 5.02 Å². The Labute approximate surface area is 184 Å². The highest BCUT2D eigenvalue weighted by atomic mass is 35.5. The maximum atomic E-state index is 12.9. The number of methoxy groups -OCH3 is 1. The van der Waals surface area contributed by atoms with E-state index in [4.69, 9.17) is 16.3 Å². The first-order valence-corrected chi connectivity index (χ1v) is 10.1. The molecule has 1 N–H and O–H groups in total. The lowest BCUT2D eigenvalue weighted by Gasteiger charge is -2.20. The standard InChI is InChI=1S/C24H20ClN3O3/c1-31-19-10-7-17(8-11-19)23(16-5-3-2-4-6-16)27-22(29)14-28-15-26-21-12-9-18(25)13-20(21)24(28)30/h2-13,15,23H,14H2,1H3,(H,27,29). The number of halogens is 1. The fourth-order valence-electron chi connectivity index (χ4n) is 3.41.